The van der Waals surface area contributed by atoms with Gasteiger partial charge in [0.25, 0.3) is 11.8 Å². The Morgan fingerprint density at radius 3 is 2.16 bits per heavy atom. The Balaban J connectivity index is 1.67. The Labute approximate surface area is 178 Å². The number of nitrogens with zero attached hydrogens (tertiary/aromatic N) is 1. The molecule has 0 spiro atoms. The van der Waals surface area contributed by atoms with Crippen molar-refractivity contribution < 1.29 is 33.4 Å². The van der Waals surface area contributed by atoms with E-state index in [1.165, 1.54) is 33.5 Å². The highest BCUT2D eigenvalue weighted by Crippen LogP contribution is 2.33. The van der Waals surface area contributed by atoms with E-state index in [9.17, 15) is 19.2 Å². The van der Waals surface area contributed by atoms with Crippen LogP contribution in [0, 0.1) is 0 Å². The van der Waals surface area contributed by atoms with Gasteiger partial charge in [-0.1, -0.05) is 12.1 Å². The molecule has 0 saturated carbocycles. The van der Waals surface area contributed by atoms with Crippen LogP contribution in [0.25, 0.3) is 0 Å². The van der Waals surface area contributed by atoms with Crippen LogP contribution in [-0.2, 0) is 9.53 Å². The lowest BCUT2D eigenvalue weighted by Gasteiger charge is -2.16. The average Bonchev–Trinajstić information content (AvgIpc) is 3.03. The van der Waals surface area contributed by atoms with E-state index in [-0.39, 0.29) is 48.2 Å². The summed E-state index contributed by atoms with van der Waals surface area (Å²) in [4.78, 5) is 50.6. The number of hydrogen-bond donors (Lipinski definition) is 1. The molecule has 1 aliphatic rings. The van der Waals surface area contributed by atoms with Crippen molar-refractivity contribution in [3.05, 3.63) is 53.1 Å². The second-order valence-electron chi connectivity index (χ2n) is 6.70. The molecular weight excluding hydrogens is 404 g/mol. The Morgan fingerprint density at radius 1 is 0.968 bits per heavy atom. The van der Waals surface area contributed by atoms with Crippen LogP contribution in [0.3, 0.4) is 0 Å². The van der Waals surface area contributed by atoms with Gasteiger partial charge in [0.2, 0.25) is 5.91 Å². The minimum atomic E-state index is -0.680. The standard InChI is InChI=1S/C22H22N2O7/c1-29-13-11-16(19(22(28)31-3)17(12-13)30-2)23-18(25)9-6-10-24-20(26)14-7-4-5-8-15(14)21(24)27/h4-5,7-8,11-12H,6,9-10H2,1-3H3,(H,23,25). The van der Waals surface area contributed by atoms with Gasteiger partial charge in [-0.2, -0.15) is 0 Å². The Kier molecular flexibility index (Phi) is 6.54. The fraction of sp³-hybridized carbons (Fsp3) is 0.273. The molecule has 1 heterocycles. The summed E-state index contributed by atoms with van der Waals surface area (Å²) in [5.74, 6) is -1.26. The molecule has 2 aromatic carbocycles. The number of rotatable bonds is 8. The summed E-state index contributed by atoms with van der Waals surface area (Å²) in [5.41, 5.74) is 0.958. The number of carbonyl (C=O) groups excluding carboxylic acids is 4. The molecule has 9 nitrogen and oxygen atoms in total. The number of anilines is 1. The maximum Gasteiger partial charge on any atom is 0.343 e. The molecule has 3 amide bonds. The third-order valence-corrected chi connectivity index (χ3v) is 4.86. The van der Waals surface area contributed by atoms with Gasteiger partial charge in [-0.05, 0) is 18.6 Å². The summed E-state index contributed by atoms with van der Waals surface area (Å²) < 4.78 is 15.2. The number of amides is 3. The van der Waals surface area contributed by atoms with Crippen LogP contribution in [0.2, 0.25) is 0 Å². The van der Waals surface area contributed by atoms with Gasteiger partial charge >= 0.3 is 5.97 Å². The van der Waals surface area contributed by atoms with E-state index in [0.29, 0.717) is 16.9 Å². The lowest BCUT2D eigenvalue weighted by atomic mass is 10.1. The van der Waals surface area contributed by atoms with Crippen molar-refractivity contribution in [3.8, 4) is 11.5 Å². The van der Waals surface area contributed by atoms with E-state index < -0.39 is 11.9 Å². The highest BCUT2D eigenvalue weighted by molar-refractivity contribution is 6.21. The van der Waals surface area contributed by atoms with Gasteiger partial charge in [-0.25, -0.2) is 4.79 Å². The molecule has 0 atom stereocenters. The van der Waals surface area contributed by atoms with Gasteiger partial charge in [-0.3, -0.25) is 19.3 Å². The first-order valence-corrected chi connectivity index (χ1v) is 9.50. The van der Waals surface area contributed by atoms with Gasteiger partial charge < -0.3 is 19.5 Å². The lowest BCUT2D eigenvalue weighted by Crippen LogP contribution is -2.31. The van der Waals surface area contributed by atoms with Crippen LogP contribution in [0.15, 0.2) is 36.4 Å². The molecule has 0 bridgehead atoms. The molecule has 0 radical (unpaired) electrons. The molecule has 0 aliphatic carbocycles. The fourth-order valence-electron chi connectivity index (χ4n) is 3.33. The van der Waals surface area contributed by atoms with E-state index in [2.05, 4.69) is 5.32 Å². The van der Waals surface area contributed by atoms with Crippen LogP contribution < -0.4 is 14.8 Å². The Bertz CT molecular complexity index is 1010. The monoisotopic (exact) mass is 426 g/mol. The number of benzene rings is 2. The molecule has 0 fully saturated rings. The number of imide groups is 1. The zero-order valence-electron chi connectivity index (χ0n) is 17.4. The van der Waals surface area contributed by atoms with E-state index in [4.69, 9.17) is 14.2 Å². The van der Waals surface area contributed by atoms with Gasteiger partial charge in [0, 0.05) is 25.1 Å². The maximum atomic E-state index is 12.5. The summed E-state index contributed by atoms with van der Waals surface area (Å²) in [6, 6.07) is 9.59. The predicted octanol–water partition coefficient (Wildman–Crippen LogP) is 2.51. The molecule has 3 rings (SSSR count). The summed E-state index contributed by atoms with van der Waals surface area (Å²) in [6.45, 7) is 0.102. The Hall–Kier alpha value is -3.88. The molecule has 2 aromatic rings. The van der Waals surface area contributed by atoms with Crippen molar-refractivity contribution in [2.45, 2.75) is 12.8 Å². The van der Waals surface area contributed by atoms with Crippen molar-refractivity contribution in [3.63, 3.8) is 0 Å². The van der Waals surface area contributed by atoms with E-state index in [0.717, 1.165) is 4.90 Å². The quantitative estimate of drug-likeness (QED) is 0.510. The number of hydrogen-bond acceptors (Lipinski definition) is 7. The van der Waals surface area contributed by atoms with Gasteiger partial charge in [0.05, 0.1) is 38.1 Å². The average molecular weight is 426 g/mol. The third-order valence-electron chi connectivity index (χ3n) is 4.86. The van der Waals surface area contributed by atoms with Crippen molar-refractivity contribution in [1.82, 2.24) is 4.90 Å². The minimum Gasteiger partial charge on any atom is -0.497 e. The molecule has 162 valence electrons. The smallest absolute Gasteiger partial charge is 0.343 e. The number of esters is 1. The van der Waals surface area contributed by atoms with Crippen LogP contribution in [0.5, 0.6) is 11.5 Å². The van der Waals surface area contributed by atoms with E-state index >= 15 is 0 Å². The zero-order chi connectivity index (χ0) is 22.5. The highest BCUT2D eigenvalue weighted by atomic mass is 16.5. The summed E-state index contributed by atoms with van der Waals surface area (Å²) in [7, 11) is 4.05. The molecule has 31 heavy (non-hydrogen) atoms. The molecular formula is C22H22N2O7. The number of ether oxygens (including phenoxy) is 3. The molecule has 1 N–H and O–H groups in total. The van der Waals surface area contributed by atoms with Crippen LogP contribution in [0.4, 0.5) is 5.69 Å². The van der Waals surface area contributed by atoms with Crippen LogP contribution in [-0.4, -0.2) is 56.5 Å². The predicted molar refractivity (Wildman–Crippen MR) is 111 cm³/mol. The third kappa shape index (κ3) is 4.35. The van der Waals surface area contributed by atoms with Crippen molar-refractivity contribution in [2.24, 2.45) is 0 Å². The van der Waals surface area contributed by atoms with E-state index in [1.54, 1.807) is 24.3 Å². The van der Waals surface area contributed by atoms with Crippen molar-refractivity contribution in [1.29, 1.82) is 0 Å². The highest BCUT2D eigenvalue weighted by Gasteiger charge is 2.34. The molecule has 9 heteroatoms. The molecule has 0 aromatic heterocycles. The number of carbonyl (C=O) groups is 4. The first-order valence-electron chi connectivity index (χ1n) is 9.50. The fourth-order valence-corrected chi connectivity index (χ4v) is 3.33. The van der Waals surface area contributed by atoms with E-state index in [1.807, 2.05) is 0 Å². The molecule has 0 saturated heterocycles. The number of nitrogens with one attached hydrogen (secondary N) is 1. The van der Waals surface area contributed by atoms with Gasteiger partial charge in [-0.15, -0.1) is 0 Å². The minimum absolute atomic E-state index is 0.0214. The van der Waals surface area contributed by atoms with Crippen LogP contribution in [0.1, 0.15) is 43.9 Å². The summed E-state index contributed by atoms with van der Waals surface area (Å²) in [5, 5.41) is 2.65. The largest absolute Gasteiger partial charge is 0.497 e. The summed E-state index contributed by atoms with van der Waals surface area (Å²) >= 11 is 0. The van der Waals surface area contributed by atoms with Gasteiger partial charge in [0.1, 0.15) is 17.1 Å². The van der Waals surface area contributed by atoms with Gasteiger partial charge in [0.15, 0.2) is 0 Å². The molecule has 0 unspecified atom stereocenters. The van der Waals surface area contributed by atoms with Crippen molar-refractivity contribution >= 4 is 29.4 Å². The number of methoxy groups -OCH3 is 3. The Morgan fingerprint density at radius 2 is 1.61 bits per heavy atom. The molecule has 1 aliphatic heterocycles. The SMILES string of the molecule is COC(=O)c1c(NC(=O)CCCN2C(=O)c3ccccc3C2=O)cc(OC)cc1OC. The first kappa shape index (κ1) is 21.8. The normalized spacial score (nSPS) is 12.4. The lowest BCUT2D eigenvalue weighted by molar-refractivity contribution is -0.116. The van der Waals surface area contributed by atoms with Crippen molar-refractivity contribution in [2.75, 3.05) is 33.2 Å². The topological polar surface area (TPSA) is 111 Å². The van der Waals surface area contributed by atoms with Crippen LogP contribution >= 0.6 is 0 Å². The first-order chi connectivity index (χ1) is 14.9. The zero-order valence-corrected chi connectivity index (χ0v) is 17.4. The second-order valence-corrected chi connectivity index (χ2v) is 6.70. The second kappa shape index (κ2) is 9.29. The number of fused-ring (bicyclic) bond motifs is 1. The maximum absolute atomic E-state index is 12.5. The summed E-state index contributed by atoms with van der Waals surface area (Å²) in [6.07, 6.45) is 0.277.